The molecule has 0 aliphatic carbocycles. The Morgan fingerprint density at radius 1 is 1.22 bits per heavy atom. The van der Waals surface area contributed by atoms with Crippen molar-refractivity contribution in [2.75, 3.05) is 13.1 Å². The molecule has 3 aromatic rings. The van der Waals surface area contributed by atoms with Gasteiger partial charge in [-0.2, -0.15) is 18.2 Å². The normalized spacial score (nSPS) is 14.9. The number of carbonyl (C=O) groups is 1. The van der Waals surface area contributed by atoms with Crippen molar-refractivity contribution in [2.24, 2.45) is 0 Å². The van der Waals surface area contributed by atoms with Crippen LogP contribution < -0.4 is 0 Å². The third-order valence-corrected chi connectivity index (χ3v) is 4.19. The van der Waals surface area contributed by atoms with Gasteiger partial charge in [0.2, 0.25) is 11.7 Å². The second-order valence-electron chi connectivity index (χ2n) is 6.03. The lowest BCUT2D eigenvalue weighted by Gasteiger charge is -2.36. The lowest BCUT2D eigenvalue weighted by molar-refractivity contribution is -0.137. The summed E-state index contributed by atoms with van der Waals surface area (Å²) in [6.07, 6.45) is -0.154. The highest BCUT2D eigenvalue weighted by Gasteiger charge is 2.37. The number of alkyl halides is 3. The summed E-state index contributed by atoms with van der Waals surface area (Å²) in [5, 5.41) is 3.76. The van der Waals surface area contributed by atoms with Crippen molar-refractivity contribution in [3.63, 3.8) is 0 Å². The Morgan fingerprint density at radius 2 is 2.04 bits per heavy atom. The summed E-state index contributed by atoms with van der Waals surface area (Å²) in [6, 6.07) is 4.72. The molecule has 27 heavy (non-hydrogen) atoms. The number of hydrogen-bond donors (Lipinski definition) is 0. The first-order chi connectivity index (χ1) is 12.9. The number of amides is 1. The van der Waals surface area contributed by atoms with E-state index < -0.39 is 11.7 Å². The number of likely N-dealkylation sites (tertiary alicyclic amines) is 1. The Hall–Kier alpha value is -3.30. The minimum absolute atomic E-state index is 0.0785. The van der Waals surface area contributed by atoms with Crippen molar-refractivity contribution >= 4 is 5.91 Å². The molecule has 1 aromatic carbocycles. The van der Waals surface area contributed by atoms with Gasteiger partial charge in [0, 0.05) is 31.0 Å². The lowest BCUT2D eigenvalue weighted by atomic mass is 9.99. The van der Waals surface area contributed by atoms with Gasteiger partial charge in [-0.05, 0) is 12.1 Å². The van der Waals surface area contributed by atoms with Gasteiger partial charge in [0.1, 0.15) is 5.69 Å². The number of nitrogens with zero attached hydrogens (tertiary/aromatic N) is 5. The Balaban J connectivity index is 1.45. The van der Waals surface area contributed by atoms with Gasteiger partial charge in [-0.25, -0.2) is 4.98 Å². The van der Waals surface area contributed by atoms with Gasteiger partial charge in [0.15, 0.2) is 0 Å². The van der Waals surface area contributed by atoms with Crippen LogP contribution in [-0.4, -0.2) is 44.0 Å². The van der Waals surface area contributed by atoms with Crippen LogP contribution >= 0.6 is 0 Å². The van der Waals surface area contributed by atoms with E-state index in [4.69, 9.17) is 4.52 Å². The molecule has 1 fully saturated rings. The van der Waals surface area contributed by atoms with Gasteiger partial charge in [0.05, 0.1) is 17.7 Å². The van der Waals surface area contributed by atoms with Crippen molar-refractivity contribution in [2.45, 2.75) is 12.1 Å². The third-order valence-electron chi connectivity index (χ3n) is 4.19. The van der Waals surface area contributed by atoms with Gasteiger partial charge < -0.3 is 9.42 Å². The molecule has 0 spiro atoms. The van der Waals surface area contributed by atoms with E-state index in [2.05, 4.69) is 20.1 Å². The number of benzene rings is 1. The van der Waals surface area contributed by atoms with Crippen molar-refractivity contribution < 1.29 is 22.5 Å². The van der Waals surface area contributed by atoms with Crippen LogP contribution in [0.25, 0.3) is 11.4 Å². The van der Waals surface area contributed by atoms with Crippen molar-refractivity contribution in [1.82, 2.24) is 25.0 Å². The molecule has 1 saturated heterocycles. The molecule has 138 valence electrons. The molecule has 4 rings (SSSR count). The van der Waals surface area contributed by atoms with E-state index in [0.717, 1.165) is 12.1 Å². The average molecular weight is 375 g/mol. The Morgan fingerprint density at radius 3 is 2.74 bits per heavy atom. The first-order valence-corrected chi connectivity index (χ1v) is 7.98. The third kappa shape index (κ3) is 3.37. The molecular weight excluding hydrogens is 363 g/mol. The number of hydrogen-bond acceptors (Lipinski definition) is 6. The van der Waals surface area contributed by atoms with Gasteiger partial charge in [-0.3, -0.25) is 9.78 Å². The van der Waals surface area contributed by atoms with Gasteiger partial charge >= 0.3 is 6.18 Å². The van der Waals surface area contributed by atoms with Crippen molar-refractivity contribution in [3.05, 3.63) is 60.0 Å². The summed E-state index contributed by atoms with van der Waals surface area (Å²) >= 11 is 0. The maximum absolute atomic E-state index is 12.8. The molecule has 0 radical (unpaired) electrons. The maximum atomic E-state index is 12.8. The van der Waals surface area contributed by atoms with E-state index in [9.17, 15) is 18.0 Å². The summed E-state index contributed by atoms with van der Waals surface area (Å²) < 4.78 is 43.7. The smallest absolute Gasteiger partial charge is 0.339 e. The molecule has 3 heterocycles. The molecule has 2 aromatic heterocycles. The fourth-order valence-electron chi connectivity index (χ4n) is 2.73. The summed E-state index contributed by atoms with van der Waals surface area (Å²) in [5.41, 5.74) is -0.325. The number of aromatic nitrogens is 4. The molecule has 0 atom stereocenters. The molecule has 7 nitrogen and oxygen atoms in total. The van der Waals surface area contributed by atoms with E-state index >= 15 is 0 Å². The lowest BCUT2D eigenvalue weighted by Crippen LogP contribution is -2.48. The highest BCUT2D eigenvalue weighted by molar-refractivity contribution is 5.92. The van der Waals surface area contributed by atoms with E-state index in [-0.39, 0.29) is 34.8 Å². The zero-order valence-corrected chi connectivity index (χ0v) is 13.7. The van der Waals surface area contributed by atoms with Gasteiger partial charge in [-0.1, -0.05) is 17.3 Å². The van der Waals surface area contributed by atoms with E-state index in [1.165, 1.54) is 30.7 Å². The zero-order valence-electron chi connectivity index (χ0n) is 13.7. The Bertz CT molecular complexity index is 968. The monoisotopic (exact) mass is 375 g/mol. The summed E-state index contributed by atoms with van der Waals surface area (Å²) in [5.74, 6) is -0.0601. The average Bonchev–Trinajstić information content (AvgIpc) is 3.10. The molecule has 0 saturated carbocycles. The van der Waals surface area contributed by atoms with Crippen LogP contribution in [0.5, 0.6) is 0 Å². The summed E-state index contributed by atoms with van der Waals surface area (Å²) in [7, 11) is 0. The molecule has 10 heteroatoms. The van der Waals surface area contributed by atoms with Gasteiger partial charge in [0.25, 0.3) is 5.91 Å². The first-order valence-electron chi connectivity index (χ1n) is 7.98. The highest BCUT2D eigenvalue weighted by Crippen LogP contribution is 2.32. The summed E-state index contributed by atoms with van der Waals surface area (Å²) in [4.78, 5) is 25.8. The van der Waals surface area contributed by atoms with Crippen LogP contribution in [0.2, 0.25) is 0 Å². The second kappa shape index (κ2) is 6.45. The predicted molar refractivity (Wildman–Crippen MR) is 85.4 cm³/mol. The first kappa shape index (κ1) is 17.1. The molecule has 1 aliphatic rings. The number of halogens is 3. The molecule has 0 unspecified atom stereocenters. The Labute approximate surface area is 150 Å². The van der Waals surface area contributed by atoms with E-state index in [1.54, 1.807) is 4.90 Å². The minimum Gasteiger partial charge on any atom is -0.339 e. The molecular formula is C17H12F3N5O2. The van der Waals surface area contributed by atoms with Crippen molar-refractivity contribution in [1.29, 1.82) is 0 Å². The zero-order chi connectivity index (χ0) is 19.0. The van der Waals surface area contributed by atoms with E-state index in [1.807, 2.05) is 0 Å². The molecule has 1 aliphatic heterocycles. The molecule has 1 amide bonds. The largest absolute Gasteiger partial charge is 0.416 e. The maximum Gasteiger partial charge on any atom is 0.416 e. The predicted octanol–water partition coefficient (Wildman–Crippen LogP) is 2.79. The Kier molecular flexibility index (Phi) is 4.09. The summed E-state index contributed by atoms with van der Waals surface area (Å²) in [6.45, 7) is 0.721. The quantitative estimate of drug-likeness (QED) is 0.700. The molecule has 0 N–H and O–H groups in total. The minimum atomic E-state index is -4.45. The second-order valence-corrected chi connectivity index (χ2v) is 6.03. The standard InChI is InChI=1S/C17H12F3N5O2/c18-17(19,20)12-3-1-2-10(6-12)14-23-15(27-24-14)11-8-25(9-11)16(26)13-7-21-4-5-22-13/h1-7,11H,8-9H2. The fourth-order valence-corrected chi connectivity index (χ4v) is 2.73. The van der Waals surface area contributed by atoms with Crippen molar-refractivity contribution in [3.8, 4) is 11.4 Å². The van der Waals surface area contributed by atoms with Crippen LogP contribution in [-0.2, 0) is 6.18 Å². The van der Waals surface area contributed by atoms with Crippen LogP contribution in [0.3, 0.4) is 0 Å². The van der Waals surface area contributed by atoms with Gasteiger partial charge in [-0.15, -0.1) is 0 Å². The number of rotatable bonds is 3. The van der Waals surface area contributed by atoms with Crippen LogP contribution in [0, 0.1) is 0 Å². The fraction of sp³-hybridized carbons (Fsp3) is 0.235. The highest BCUT2D eigenvalue weighted by atomic mass is 19.4. The SMILES string of the molecule is O=C(c1cnccn1)N1CC(c2nc(-c3cccc(C(F)(F)F)c3)no2)C1. The van der Waals surface area contributed by atoms with E-state index in [0.29, 0.717) is 13.1 Å². The number of carbonyl (C=O) groups excluding carboxylic acids is 1. The molecule has 0 bridgehead atoms. The van der Waals surface area contributed by atoms with Crippen LogP contribution in [0.4, 0.5) is 13.2 Å². The topological polar surface area (TPSA) is 85.0 Å². The van der Waals surface area contributed by atoms with Crippen LogP contribution in [0.1, 0.15) is 27.9 Å². The van der Waals surface area contributed by atoms with Crippen LogP contribution in [0.15, 0.2) is 47.4 Å².